The Hall–Kier alpha value is -0.870. The molecule has 0 heterocycles. The summed E-state index contributed by atoms with van der Waals surface area (Å²) in [6, 6.07) is 0. The van der Waals surface area contributed by atoms with Crippen molar-refractivity contribution in [1.29, 1.82) is 0 Å². The van der Waals surface area contributed by atoms with Crippen molar-refractivity contribution in [2.75, 3.05) is 6.54 Å². The van der Waals surface area contributed by atoms with Gasteiger partial charge in [-0.25, -0.2) is 0 Å². The fraction of sp³-hybridized carbons (Fsp3) is 0.824. The van der Waals surface area contributed by atoms with Gasteiger partial charge in [0.25, 0.3) is 0 Å². The second-order valence-electron chi connectivity index (χ2n) is 6.34. The fourth-order valence-electron chi connectivity index (χ4n) is 2.29. The van der Waals surface area contributed by atoms with Crippen molar-refractivity contribution >= 4 is 5.91 Å². The van der Waals surface area contributed by atoms with Crippen molar-refractivity contribution in [3.8, 4) is 0 Å². The monoisotopic (exact) mass is 299 g/mol. The highest BCUT2D eigenvalue weighted by Gasteiger charge is 2.23. The van der Waals surface area contributed by atoms with Gasteiger partial charge in [-0.05, 0) is 33.3 Å². The van der Waals surface area contributed by atoms with E-state index in [-0.39, 0.29) is 11.4 Å². The molecule has 0 aromatic heterocycles. The second kappa shape index (κ2) is 14.1. The topological polar surface area (TPSA) is 72.3 Å². The van der Waals surface area contributed by atoms with Crippen LogP contribution in [-0.4, -0.2) is 22.9 Å². The molecule has 0 rings (SSSR count). The molecule has 0 aliphatic rings. The van der Waals surface area contributed by atoms with Gasteiger partial charge in [0.1, 0.15) is 0 Å². The molecule has 126 valence electrons. The van der Waals surface area contributed by atoms with Crippen molar-refractivity contribution in [1.82, 2.24) is 4.90 Å². The Morgan fingerprint density at radius 3 is 1.81 bits per heavy atom. The van der Waals surface area contributed by atoms with E-state index in [0.717, 1.165) is 13.0 Å². The maximum atomic E-state index is 11.8. The van der Waals surface area contributed by atoms with E-state index in [1.807, 2.05) is 4.90 Å². The molecule has 0 aliphatic heterocycles. The number of nitrogens with two attached hydrogens (primary N) is 2. The van der Waals surface area contributed by atoms with Crippen LogP contribution in [0.15, 0.2) is 12.7 Å². The predicted octanol–water partition coefficient (Wildman–Crippen LogP) is 3.76. The Morgan fingerprint density at radius 2 is 1.43 bits per heavy atom. The third kappa shape index (κ3) is 12.6. The Kier molecular flexibility index (Phi) is 15.0. The summed E-state index contributed by atoms with van der Waals surface area (Å²) in [6.07, 6.45) is 11.8. The molecule has 0 saturated heterocycles. The van der Waals surface area contributed by atoms with Gasteiger partial charge < -0.3 is 4.90 Å². The molecule has 1 amide bonds. The van der Waals surface area contributed by atoms with Gasteiger partial charge in [0, 0.05) is 12.1 Å². The molecule has 0 aliphatic carbocycles. The first-order chi connectivity index (χ1) is 9.93. The predicted molar refractivity (Wildman–Crippen MR) is 92.6 cm³/mol. The highest BCUT2D eigenvalue weighted by atomic mass is 16.2. The molecule has 21 heavy (non-hydrogen) atoms. The van der Waals surface area contributed by atoms with Crippen LogP contribution in [0.25, 0.3) is 0 Å². The van der Waals surface area contributed by atoms with E-state index < -0.39 is 0 Å². The maximum Gasteiger partial charge on any atom is 0.246 e. The standard InChI is InChI=1S/C17H33NO.H4N2/c1-6-8-9-10-11-12-13-14-15-18(16(19)7-2)17(3,4)5;1-2/h7H,2,6,8-15H2,1,3-5H3;1-2H2. The molecule has 4 heteroatoms. The number of hydrazine groups is 1. The first kappa shape index (κ1) is 22.4. The summed E-state index contributed by atoms with van der Waals surface area (Å²) in [6.45, 7) is 12.9. The van der Waals surface area contributed by atoms with E-state index in [4.69, 9.17) is 0 Å². The van der Waals surface area contributed by atoms with Crippen LogP contribution in [-0.2, 0) is 4.79 Å². The Bertz CT molecular complexity index is 259. The molecule has 0 radical (unpaired) electrons. The lowest BCUT2D eigenvalue weighted by Crippen LogP contribution is -2.45. The zero-order valence-electron chi connectivity index (χ0n) is 14.7. The van der Waals surface area contributed by atoms with Crippen LogP contribution in [0, 0.1) is 0 Å². The van der Waals surface area contributed by atoms with Crippen LogP contribution < -0.4 is 11.7 Å². The third-order valence-corrected chi connectivity index (χ3v) is 3.49. The minimum absolute atomic E-state index is 0.0513. The molecule has 0 fully saturated rings. The Labute approximate surface area is 131 Å². The lowest BCUT2D eigenvalue weighted by atomic mass is 10.0. The third-order valence-electron chi connectivity index (χ3n) is 3.49. The van der Waals surface area contributed by atoms with Gasteiger partial charge in [0.2, 0.25) is 5.91 Å². The second-order valence-corrected chi connectivity index (χ2v) is 6.34. The first-order valence-electron chi connectivity index (χ1n) is 8.20. The smallest absolute Gasteiger partial charge is 0.246 e. The van der Waals surface area contributed by atoms with Gasteiger partial charge in [-0.15, -0.1) is 0 Å². The molecule has 0 unspecified atom stereocenters. The molecule has 4 N–H and O–H groups in total. The SMILES string of the molecule is C=CC(=O)N(CCCCCCCCCC)C(C)(C)C.NN. The lowest BCUT2D eigenvalue weighted by Gasteiger charge is -2.35. The molecule has 0 spiro atoms. The number of amides is 1. The zero-order chi connectivity index (χ0) is 16.7. The maximum absolute atomic E-state index is 11.8. The number of rotatable bonds is 10. The van der Waals surface area contributed by atoms with E-state index in [9.17, 15) is 4.79 Å². The van der Waals surface area contributed by atoms with E-state index in [0.29, 0.717) is 0 Å². The summed E-state index contributed by atoms with van der Waals surface area (Å²) in [5.41, 5.74) is -0.105. The number of hydrogen-bond donors (Lipinski definition) is 2. The van der Waals surface area contributed by atoms with Gasteiger partial charge in [0.15, 0.2) is 0 Å². The van der Waals surface area contributed by atoms with E-state index in [1.165, 1.54) is 51.0 Å². The van der Waals surface area contributed by atoms with E-state index in [2.05, 4.69) is 46.0 Å². The van der Waals surface area contributed by atoms with Crippen LogP contribution in [0.1, 0.15) is 79.1 Å². The highest BCUT2D eigenvalue weighted by Crippen LogP contribution is 2.16. The molecule has 0 saturated carbocycles. The highest BCUT2D eigenvalue weighted by molar-refractivity contribution is 5.87. The summed E-state index contributed by atoms with van der Waals surface area (Å²) in [5, 5.41) is 0. The van der Waals surface area contributed by atoms with Crippen LogP contribution in [0.5, 0.6) is 0 Å². The summed E-state index contributed by atoms with van der Waals surface area (Å²) in [4.78, 5) is 13.7. The molecule has 0 aromatic rings. The van der Waals surface area contributed by atoms with Gasteiger partial charge in [-0.3, -0.25) is 16.5 Å². The molecule has 0 bridgehead atoms. The average Bonchev–Trinajstić information content (AvgIpc) is 2.45. The zero-order valence-corrected chi connectivity index (χ0v) is 14.7. The number of hydrogen-bond acceptors (Lipinski definition) is 3. The van der Waals surface area contributed by atoms with Crippen molar-refractivity contribution in [3.05, 3.63) is 12.7 Å². The number of nitrogens with zero attached hydrogens (tertiary/aromatic N) is 1. The van der Waals surface area contributed by atoms with E-state index in [1.54, 1.807) is 0 Å². The minimum atomic E-state index is -0.105. The normalized spacial score (nSPS) is 10.6. The largest absolute Gasteiger partial charge is 0.334 e. The number of carbonyl (C=O) groups is 1. The summed E-state index contributed by atoms with van der Waals surface area (Å²) < 4.78 is 0. The van der Waals surface area contributed by atoms with Gasteiger partial charge in [-0.1, -0.05) is 58.4 Å². The summed E-state index contributed by atoms with van der Waals surface area (Å²) in [7, 11) is 0. The van der Waals surface area contributed by atoms with Crippen molar-refractivity contribution in [2.24, 2.45) is 11.7 Å². The Morgan fingerprint density at radius 1 is 1.00 bits per heavy atom. The van der Waals surface area contributed by atoms with Gasteiger partial charge >= 0.3 is 0 Å². The molecular formula is C17H37N3O. The van der Waals surface area contributed by atoms with Gasteiger partial charge in [-0.2, -0.15) is 0 Å². The average molecular weight is 300 g/mol. The van der Waals surface area contributed by atoms with Crippen molar-refractivity contribution in [3.63, 3.8) is 0 Å². The van der Waals surface area contributed by atoms with Crippen LogP contribution >= 0.6 is 0 Å². The number of unbranched alkanes of at least 4 members (excludes halogenated alkanes) is 7. The van der Waals surface area contributed by atoms with E-state index >= 15 is 0 Å². The van der Waals surface area contributed by atoms with Crippen LogP contribution in [0.4, 0.5) is 0 Å². The summed E-state index contributed by atoms with van der Waals surface area (Å²) >= 11 is 0. The lowest BCUT2D eigenvalue weighted by molar-refractivity contribution is -0.130. The van der Waals surface area contributed by atoms with Crippen molar-refractivity contribution in [2.45, 2.75) is 84.6 Å². The molecule has 0 aromatic carbocycles. The fourth-order valence-corrected chi connectivity index (χ4v) is 2.29. The molecule has 0 atom stereocenters. The Balaban J connectivity index is 0. The first-order valence-corrected chi connectivity index (χ1v) is 8.20. The van der Waals surface area contributed by atoms with Crippen LogP contribution in [0.2, 0.25) is 0 Å². The van der Waals surface area contributed by atoms with Crippen molar-refractivity contribution < 1.29 is 4.79 Å². The van der Waals surface area contributed by atoms with Gasteiger partial charge in [0.05, 0.1) is 0 Å². The molecular weight excluding hydrogens is 262 g/mol. The van der Waals surface area contributed by atoms with Crippen LogP contribution in [0.3, 0.4) is 0 Å². The number of carbonyl (C=O) groups excluding carboxylic acids is 1. The minimum Gasteiger partial charge on any atom is -0.334 e. The molecule has 4 nitrogen and oxygen atoms in total. The summed E-state index contributed by atoms with van der Waals surface area (Å²) in [5.74, 6) is 8.05. The quantitative estimate of drug-likeness (QED) is 0.279.